The number of hydrogen-bond donors (Lipinski definition) is 1. The first kappa shape index (κ1) is 11.6. The van der Waals surface area contributed by atoms with Gasteiger partial charge in [-0.1, -0.05) is 22.9 Å². The van der Waals surface area contributed by atoms with Gasteiger partial charge in [0.15, 0.2) is 11.0 Å². The molecule has 0 aliphatic rings. The van der Waals surface area contributed by atoms with Crippen LogP contribution in [-0.4, -0.2) is 17.3 Å². The Kier molecular flexibility index (Phi) is 4.48. The van der Waals surface area contributed by atoms with E-state index in [1.165, 1.54) is 0 Å². The van der Waals surface area contributed by atoms with Gasteiger partial charge in [0.1, 0.15) is 0 Å². The Hall–Kier alpha value is -0.480. The highest BCUT2D eigenvalue weighted by atomic mass is 79.9. The van der Waals surface area contributed by atoms with E-state index in [1.807, 2.05) is 6.92 Å². The molecule has 1 N–H and O–H groups in total. The van der Waals surface area contributed by atoms with E-state index in [0.717, 1.165) is 6.42 Å². The molecule has 1 aromatic heterocycles. The van der Waals surface area contributed by atoms with Gasteiger partial charge in [-0.2, -0.15) is 0 Å². The van der Waals surface area contributed by atoms with Crippen molar-refractivity contribution in [3.05, 3.63) is 23.1 Å². The third kappa shape index (κ3) is 3.72. The summed E-state index contributed by atoms with van der Waals surface area (Å²) >= 11 is 8.92. The Labute approximate surface area is 95.9 Å². The molecule has 0 bridgehead atoms. The summed E-state index contributed by atoms with van der Waals surface area (Å²) < 4.78 is 4.94. The molecule has 0 spiro atoms. The zero-order chi connectivity index (χ0) is 10.6. The van der Waals surface area contributed by atoms with Crippen molar-refractivity contribution in [2.24, 2.45) is 0 Å². The molecule has 0 saturated carbocycles. The van der Waals surface area contributed by atoms with Crippen LogP contribution in [0.25, 0.3) is 0 Å². The first-order chi connectivity index (χ1) is 6.59. The first-order valence-electron chi connectivity index (χ1n) is 4.27. The number of alkyl halides is 1. The second kappa shape index (κ2) is 5.41. The zero-order valence-corrected chi connectivity index (χ0v) is 10.1. The summed E-state index contributed by atoms with van der Waals surface area (Å²) in [7, 11) is 0. The Bertz CT molecular complexity index is 312. The summed E-state index contributed by atoms with van der Waals surface area (Å²) in [6.07, 6.45) is 0.875. The topological polar surface area (TPSA) is 42.2 Å². The molecule has 0 aliphatic carbocycles. The van der Waals surface area contributed by atoms with Crippen molar-refractivity contribution in [3.8, 4) is 0 Å². The van der Waals surface area contributed by atoms with E-state index in [0.29, 0.717) is 11.4 Å². The minimum Gasteiger partial charge on any atom is -0.440 e. The van der Waals surface area contributed by atoms with E-state index in [1.54, 1.807) is 12.1 Å². The zero-order valence-electron chi connectivity index (χ0n) is 7.72. The van der Waals surface area contributed by atoms with Crippen LogP contribution in [0.3, 0.4) is 0 Å². The predicted molar refractivity (Wildman–Crippen MR) is 59.1 cm³/mol. The van der Waals surface area contributed by atoms with Crippen LogP contribution >= 0.6 is 27.5 Å². The van der Waals surface area contributed by atoms with Crippen molar-refractivity contribution in [2.45, 2.75) is 18.2 Å². The van der Waals surface area contributed by atoms with Crippen LogP contribution in [0.1, 0.15) is 23.9 Å². The van der Waals surface area contributed by atoms with Crippen molar-refractivity contribution in [1.29, 1.82) is 0 Å². The van der Waals surface area contributed by atoms with Gasteiger partial charge in [-0.05, 0) is 30.2 Å². The molecule has 5 heteroatoms. The van der Waals surface area contributed by atoms with Crippen molar-refractivity contribution >= 4 is 33.4 Å². The highest BCUT2D eigenvalue weighted by Crippen LogP contribution is 2.12. The molecule has 0 aromatic carbocycles. The van der Waals surface area contributed by atoms with E-state index in [2.05, 4.69) is 21.2 Å². The molecule has 0 fully saturated rings. The maximum absolute atomic E-state index is 11.4. The van der Waals surface area contributed by atoms with Gasteiger partial charge in [-0.25, -0.2) is 0 Å². The minimum atomic E-state index is -0.231. The molecular formula is C9H11BrClNO2. The van der Waals surface area contributed by atoms with Crippen molar-refractivity contribution in [1.82, 2.24) is 5.32 Å². The normalized spacial score (nSPS) is 12.5. The minimum absolute atomic E-state index is 0.226. The average Bonchev–Trinajstić information content (AvgIpc) is 2.51. The summed E-state index contributed by atoms with van der Waals surface area (Å²) in [5.74, 6) is 0.0160. The van der Waals surface area contributed by atoms with Gasteiger partial charge in [-0.3, -0.25) is 4.79 Å². The van der Waals surface area contributed by atoms with Crippen LogP contribution in [0.2, 0.25) is 5.22 Å². The fraction of sp³-hybridized carbons (Fsp3) is 0.444. The predicted octanol–water partition coefficient (Wildman–Crippen LogP) is 2.84. The maximum atomic E-state index is 11.4. The second-order valence-corrected chi connectivity index (χ2v) is 4.86. The molecule has 1 atom stereocenters. The Morgan fingerprint density at radius 2 is 2.43 bits per heavy atom. The van der Waals surface area contributed by atoms with E-state index in [-0.39, 0.29) is 16.9 Å². The van der Waals surface area contributed by atoms with Gasteiger partial charge in [0.25, 0.3) is 5.91 Å². The van der Waals surface area contributed by atoms with Gasteiger partial charge in [0.2, 0.25) is 0 Å². The quantitative estimate of drug-likeness (QED) is 0.862. The third-order valence-corrected chi connectivity index (χ3v) is 2.29. The highest BCUT2D eigenvalue weighted by molar-refractivity contribution is 9.09. The molecule has 0 saturated heterocycles. The molecular weight excluding hydrogens is 269 g/mol. The third-order valence-electron chi connectivity index (χ3n) is 1.62. The molecule has 1 rings (SSSR count). The molecule has 1 unspecified atom stereocenters. The summed E-state index contributed by atoms with van der Waals surface area (Å²) in [4.78, 5) is 11.8. The van der Waals surface area contributed by atoms with Gasteiger partial charge >= 0.3 is 0 Å². The monoisotopic (exact) mass is 279 g/mol. The standard InChI is InChI=1S/C9H11BrClNO2/c1-6(10)4-5-12-9(13)7-2-3-8(11)14-7/h2-3,6H,4-5H2,1H3,(H,12,13). The number of hydrogen-bond acceptors (Lipinski definition) is 2. The maximum Gasteiger partial charge on any atom is 0.287 e. The van der Waals surface area contributed by atoms with Crippen LogP contribution in [0.5, 0.6) is 0 Å². The summed E-state index contributed by atoms with van der Waals surface area (Å²) in [6.45, 7) is 2.64. The Morgan fingerprint density at radius 1 is 1.71 bits per heavy atom. The average molecular weight is 281 g/mol. The number of halogens is 2. The van der Waals surface area contributed by atoms with E-state index < -0.39 is 0 Å². The molecule has 14 heavy (non-hydrogen) atoms. The van der Waals surface area contributed by atoms with Crippen molar-refractivity contribution in [3.63, 3.8) is 0 Å². The number of carbonyl (C=O) groups excluding carboxylic acids is 1. The van der Waals surface area contributed by atoms with Gasteiger partial charge in [0, 0.05) is 11.4 Å². The lowest BCUT2D eigenvalue weighted by molar-refractivity contribution is 0.0926. The fourth-order valence-electron chi connectivity index (χ4n) is 0.908. The van der Waals surface area contributed by atoms with Crippen LogP contribution in [-0.2, 0) is 0 Å². The lowest BCUT2D eigenvalue weighted by Crippen LogP contribution is -2.25. The van der Waals surface area contributed by atoms with Gasteiger partial charge in [-0.15, -0.1) is 0 Å². The molecule has 1 aromatic rings. The molecule has 3 nitrogen and oxygen atoms in total. The number of nitrogens with one attached hydrogen (secondary N) is 1. The SMILES string of the molecule is CC(Br)CCNC(=O)c1ccc(Cl)o1. The van der Waals surface area contributed by atoms with Gasteiger partial charge < -0.3 is 9.73 Å². The van der Waals surface area contributed by atoms with E-state index >= 15 is 0 Å². The van der Waals surface area contributed by atoms with Crippen molar-refractivity contribution < 1.29 is 9.21 Å². The molecule has 0 aliphatic heterocycles. The Balaban J connectivity index is 2.36. The van der Waals surface area contributed by atoms with Crippen LogP contribution in [0, 0.1) is 0 Å². The number of carbonyl (C=O) groups is 1. The number of amides is 1. The van der Waals surface area contributed by atoms with E-state index in [4.69, 9.17) is 16.0 Å². The number of rotatable bonds is 4. The Morgan fingerprint density at radius 3 is 2.93 bits per heavy atom. The van der Waals surface area contributed by atoms with Gasteiger partial charge in [0.05, 0.1) is 0 Å². The molecule has 0 radical (unpaired) electrons. The fourth-order valence-corrected chi connectivity index (χ4v) is 1.28. The van der Waals surface area contributed by atoms with Crippen LogP contribution in [0.4, 0.5) is 0 Å². The molecule has 1 heterocycles. The van der Waals surface area contributed by atoms with Crippen LogP contribution in [0.15, 0.2) is 16.5 Å². The summed E-state index contributed by atoms with van der Waals surface area (Å²) in [5, 5.41) is 2.95. The summed E-state index contributed by atoms with van der Waals surface area (Å²) in [6, 6.07) is 3.10. The van der Waals surface area contributed by atoms with Crippen molar-refractivity contribution in [2.75, 3.05) is 6.54 Å². The lowest BCUT2D eigenvalue weighted by Gasteiger charge is -2.03. The number of furan rings is 1. The van der Waals surface area contributed by atoms with Crippen LogP contribution < -0.4 is 5.32 Å². The summed E-state index contributed by atoms with van der Waals surface area (Å²) in [5.41, 5.74) is 0. The van der Waals surface area contributed by atoms with E-state index in [9.17, 15) is 4.79 Å². The molecule has 1 amide bonds. The largest absolute Gasteiger partial charge is 0.440 e. The second-order valence-electron chi connectivity index (χ2n) is 2.93. The smallest absolute Gasteiger partial charge is 0.287 e. The lowest BCUT2D eigenvalue weighted by atomic mass is 10.3. The first-order valence-corrected chi connectivity index (χ1v) is 5.56. The highest BCUT2D eigenvalue weighted by Gasteiger charge is 2.09. The molecule has 78 valence electrons.